The molecule has 0 saturated carbocycles. The second kappa shape index (κ2) is 10.2. The van der Waals surface area contributed by atoms with Crippen LogP contribution >= 0.6 is 11.3 Å². The minimum absolute atomic E-state index is 0.0801. The zero-order chi connectivity index (χ0) is 22.4. The molecule has 2 N–H and O–H groups in total. The summed E-state index contributed by atoms with van der Waals surface area (Å²) in [5.74, 6) is 0.202. The molecular formula is C23H26N4O3S. The SMILES string of the molecule is CC[C@H](C)NC(=O)c1cccc(NC(=O)c2nnc(COc3cc(C)cc(C)c3)s2)c1. The number of hydrogen-bond donors (Lipinski definition) is 2. The molecule has 0 aliphatic rings. The van der Waals surface area contributed by atoms with Gasteiger partial charge >= 0.3 is 0 Å². The molecule has 0 aliphatic carbocycles. The van der Waals surface area contributed by atoms with Gasteiger partial charge in [-0.15, -0.1) is 10.2 Å². The fourth-order valence-electron chi connectivity index (χ4n) is 2.90. The standard InChI is InChI=1S/C23H26N4O3S/c1-5-16(4)24-21(28)17-7-6-8-18(12-17)25-22(29)23-27-26-20(31-23)13-30-19-10-14(2)9-15(3)11-19/h6-12,16H,5,13H2,1-4H3,(H,24,28)(H,25,29)/t16-/m0/s1. The first-order valence-corrected chi connectivity index (χ1v) is 10.9. The Morgan fingerprint density at radius 1 is 1.06 bits per heavy atom. The van der Waals surface area contributed by atoms with Crippen molar-refractivity contribution in [1.29, 1.82) is 0 Å². The van der Waals surface area contributed by atoms with Gasteiger partial charge in [0.1, 0.15) is 12.4 Å². The fraction of sp³-hybridized carbons (Fsp3) is 0.304. The van der Waals surface area contributed by atoms with Crippen LogP contribution in [0.2, 0.25) is 0 Å². The predicted octanol–water partition coefficient (Wildman–Crippen LogP) is 4.51. The Labute approximate surface area is 185 Å². The van der Waals surface area contributed by atoms with E-state index >= 15 is 0 Å². The predicted molar refractivity (Wildman–Crippen MR) is 122 cm³/mol. The molecule has 1 heterocycles. The highest BCUT2D eigenvalue weighted by Crippen LogP contribution is 2.20. The smallest absolute Gasteiger partial charge is 0.286 e. The van der Waals surface area contributed by atoms with E-state index in [4.69, 9.17) is 4.74 Å². The van der Waals surface area contributed by atoms with Crippen molar-refractivity contribution < 1.29 is 14.3 Å². The lowest BCUT2D eigenvalue weighted by atomic mass is 10.1. The van der Waals surface area contributed by atoms with Gasteiger partial charge in [0, 0.05) is 17.3 Å². The zero-order valence-electron chi connectivity index (χ0n) is 18.1. The largest absolute Gasteiger partial charge is 0.486 e. The van der Waals surface area contributed by atoms with Crippen LogP contribution in [0.1, 0.15) is 56.6 Å². The number of nitrogens with zero attached hydrogens (tertiary/aromatic N) is 2. The molecule has 0 fully saturated rings. The number of aryl methyl sites for hydroxylation is 2. The normalized spacial score (nSPS) is 11.6. The van der Waals surface area contributed by atoms with E-state index in [2.05, 4.69) is 26.9 Å². The molecule has 0 unspecified atom stereocenters. The second-order valence-electron chi connectivity index (χ2n) is 7.43. The highest BCUT2D eigenvalue weighted by molar-refractivity contribution is 7.13. The van der Waals surface area contributed by atoms with Gasteiger partial charge < -0.3 is 15.4 Å². The Hall–Kier alpha value is -3.26. The van der Waals surface area contributed by atoms with Crippen molar-refractivity contribution in [2.24, 2.45) is 0 Å². The van der Waals surface area contributed by atoms with Crippen LogP contribution in [-0.2, 0) is 6.61 Å². The van der Waals surface area contributed by atoms with Crippen molar-refractivity contribution >= 4 is 28.8 Å². The summed E-state index contributed by atoms with van der Waals surface area (Å²) in [7, 11) is 0. The van der Waals surface area contributed by atoms with Crippen LogP contribution < -0.4 is 15.4 Å². The van der Waals surface area contributed by atoms with Crippen LogP contribution in [0.5, 0.6) is 5.75 Å². The molecule has 2 amide bonds. The lowest BCUT2D eigenvalue weighted by molar-refractivity contribution is 0.0938. The van der Waals surface area contributed by atoms with Gasteiger partial charge in [-0.25, -0.2) is 0 Å². The van der Waals surface area contributed by atoms with Crippen molar-refractivity contribution in [3.05, 3.63) is 69.2 Å². The number of carbonyl (C=O) groups is 2. The average molecular weight is 439 g/mol. The van der Waals surface area contributed by atoms with Crippen molar-refractivity contribution in [2.75, 3.05) is 5.32 Å². The number of carbonyl (C=O) groups excluding carboxylic acids is 2. The van der Waals surface area contributed by atoms with Crippen LogP contribution in [0.15, 0.2) is 42.5 Å². The van der Waals surface area contributed by atoms with Crippen molar-refractivity contribution in [3.63, 3.8) is 0 Å². The molecule has 3 rings (SSSR count). The molecule has 3 aromatic rings. The van der Waals surface area contributed by atoms with E-state index in [1.807, 2.05) is 39.8 Å². The number of benzene rings is 2. The van der Waals surface area contributed by atoms with Crippen molar-refractivity contribution in [2.45, 2.75) is 46.8 Å². The quantitative estimate of drug-likeness (QED) is 0.540. The molecular weight excluding hydrogens is 412 g/mol. The van der Waals surface area contributed by atoms with E-state index < -0.39 is 0 Å². The van der Waals surface area contributed by atoms with Gasteiger partial charge in [0.15, 0.2) is 5.01 Å². The molecule has 31 heavy (non-hydrogen) atoms. The number of rotatable bonds is 8. The van der Waals surface area contributed by atoms with Gasteiger partial charge in [0.25, 0.3) is 11.8 Å². The maximum absolute atomic E-state index is 12.6. The topological polar surface area (TPSA) is 93.2 Å². The van der Waals surface area contributed by atoms with Gasteiger partial charge in [-0.1, -0.05) is 30.4 Å². The molecule has 162 valence electrons. The van der Waals surface area contributed by atoms with E-state index in [0.29, 0.717) is 16.3 Å². The van der Waals surface area contributed by atoms with Crippen LogP contribution in [0, 0.1) is 13.8 Å². The molecule has 0 aliphatic heterocycles. The lowest BCUT2D eigenvalue weighted by Gasteiger charge is -2.12. The molecule has 8 heteroatoms. The van der Waals surface area contributed by atoms with Crippen LogP contribution in [0.3, 0.4) is 0 Å². The van der Waals surface area contributed by atoms with Gasteiger partial charge in [0.05, 0.1) is 0 Å². The Bertz CT molecular complexity index is 1060. The first-order chi connectivity index (χ1) is 14.8. The number of ether oxygens (including phenoxy) is 1. The number of amides is 2. The first-order valence-electron chi connectivity index (χ1n) is 10.1. The van der Waals surface area contributed by atoms with Gasteiger partial charge in [-0.2, -0.15) is 0 Å². The minimum atomic E-state index is -0.380. The fourth-order valence-corrected chi connectivity index (χ4v) is 3.54. The molecule has 0 spiro atoms. The minimum Gasteiger partial charge on any atom is -0.486 e. The van der Waals surface area contributed by atoms with Crippen molar-refractivity contribution in [3.8, 4) is 5.75 Å². The monoisotopic (exact) mass is 438 g/mol. The van der Waals surface area contributed by atoms with Crippen LogP contribution in [0.4, 0.5) is 5.69 Å². The molecule has 2 aromatic carbocycles. The lowest BCUT2D eigenvalue weighted by Crippen LogP contribution is -2.31. The number of nitrogens with one attached hydrogen (secondary N) is 2. The maximum Gasteiger partial charge on any atom is 0.286 e. The highest BCUT2D eigenvalue weighted by Gasteiger charge is 2.15. The van der Waals surface area contributed by atoms with E-state index in [1.54, 1.807) is 24.3 Å². The first kappa shape index (κ1) is 22.4. The molecule has 1 atom stereocenters. The summed E-state index contributed by atoms with van der Waals surface area (Å²) in [4.78, 5) is 24.8. The number of hydrogen-bond acceptors (Lipinski definition) is 6. The Morgan fingerprint density at radius 2 is 1.81 bits per heavy atom. The van der Waals surface area contributed by atoms with E-state index in [1.165, 1.54) is 11.3 Å². The molecule has 7 nitrogen and oxygen atoms in total. The summed E-state index contributed by atoms with van der Waals surface area (Å²) in [5, 5.41) is 14.5. The van der Waals surface area contributed by atoms with E-state index in [-0.39, 0.29) is 29.5 Å². The Kier molecular flexibility index (Phi) is 7.36. The van der Waals surface area contributed by atoms with Crippen molar-refractivity contribution in [1.82, 2.24) is 15.5 Å². The van der Waals surface area contributed by atoms with Crippen LogP contribution in [-0.4, -0.2) is 28.1 Å². The number of aromatic nitrogens is 2. The summed E-state index contributed by atoms with van der Waals surface area (Å²) in [6.45, 7) is 8.21. The molecule has 1 aromatic heterocycles. The third kappa shape index (κ3) is 6.36. The summed E-state index contributed by atoms with van der Waals surface area (Å²) >= 11 is 1.17. The third-order valence-electron chi connectivity index (χ3n) is 4.59. The molecule has 0 radical (unpaired) electrons. The molecule has 0 bridgehead atoms. The summed E-state index contributed by atoms with van der Waals surface area (Å²) < 4.78 is 5.78. The summed E-state index contributed by atoms with van der Waals surface area (Å²) in [6.07, 6.45) is 0.842. The Morgan fingerprint density at radius 3 is 2.52 bits per heavy atom. The van der Waals surface area contributed by atoms with Crippen LogP contribution in [0.25, 0.3) is 0 Å². The summed E-state index contributed by atoms with van der Waals surface area (Å²) in [6, 6.07) is 12.9. The van der Waals surface area contributed by atoms with E-state index in [0.717, 1.165) is 23.3 Å². The van der Waals surface area contributed by atoms with Gasteiger partial charge in [-0.3, -0.25) is 9.59 Å². The zero-order valence-corrected chi connectivity index (χ0v) is 18.9. The number of anilines is 1. The highest BCUT2D eigenvalue weighted by atomic mass is 32.1. The Balaban J connectivity index is 1.61. The van der Waals surface area contributed by atoms with Gasteiger partial charge in [-0.05, 0) is 68.7 Å². The molecule has 0 saturated heterocycles. The van der Waals surface area contributed by atoms with E-state index in [9.17, 15) is 9.59 Å². The maximum atomic E-state index is 12.6. The third-order valence-corrected chi connectivity index (χ3v) is 5.49. The average Bonchev–Trinajstić information content (AvgIpc) is 3.21. The second-order valence-corrected chi connectivity index (χ2v) is 8.49. The van der Waals surface area contributed by atoms with Gasteiger partial charge in [0.2, 0.25) is 5.01 Å². The summed E-state index contributed by atoms with van der Waals surface area (Å²) in [5.41, 5.74) is 3.24.